The Hall–Kier alpha value is 0.748. The van der Waals surface area contributed by atoms with Crippen molar-refractivity contribution < 1.29 is 12.3 Å². The van der Waals surface area contributed by atoms with Crippen LogP contribution in [0.15, 0.2) is 0 Å². The highest BCUT2D eigenvalue weighted by molar-refractivity contribution is 6.89. The van der Waals surface area contributed by atoms with E-state index in [9.17, 15) is 0 Å². The molecule has 7 heteroatoms. The van der Waals surface area contributed by atoms with Gasteiger partial charge in [-0.15, -0.1) is 0 Å². The van der Waals surface area contributed by atoms with Crippen LogP contribution in [0, 0.1) is 0 Å². The van der Waals surface area contributed by atoms with Gasteiger partial charge in [-0.05, 0) is 64.5 Å². The van der Waals surface area contributed by atoms with Crippen LogP contribution in [0.4, 0.5) is 0 Å². The smallest absolute Gasteiger partial charge is 0.319 e. The molecule has 128 valence electrons. The predicted molar refractivity (Wildman–Crippen MR) is 103 cm³/mol. The van der Waals surface area contributed by atoms with Gasteiger partial charge < -0.3 is 12.3 Å². The Kier molecular flexibility index (Phi) is 8.31. The average Bonchev–Trinajstić information content (AvgIpc) is 2.08. The van der Waals surface area contributed by atoms with Crippen LogP contribution in [-0.2, 0) is 12.3 Å². The minimum atomic E-state index is -2.15. The van der Waals surface area contributed by atoms with E-state index < -0.39 is 33.8 Å². The maximum Gasteiger partial charge on any atom is 0.319 e. The normalized spacial score (nSPS) is 14.6. The van der Waals surface area contributed by atoms with Gasteiger partial charge in [0.1, 0.15) is 0 Å². The zero-order valence-corrected chi connectivity index (χ0v) is 20.1. The Morgan fingerprint density at radius 2 is 0.952 bits per heavy atom. The first kappa shape index (κ1) is 21.7. The average molecular weight is 367 g/mol. The van der Waals surface area contributed by atoms with Gasteiger partial charge in [-0.1, -0.05) is 26.7 Å². The molecule has 0 unspecified atom stereocenters. The molecule has 0 spiro atoms. The van der Waals surface area contributed by atoms with Crippen molar-refractivity contribution in [2.45, 2.75) is 91.2 Å². The maximum atomic E-state index is 6.76. The summed E-state index contributed by atoms with van der Waals surface area (Å²) in [6, 6.07) is 2.19. The Labute approximate surface area is 137 Å². The molecule has 0 aliphatic carbocycles. The SMILES string of the molecule is CCC[Si](CCC)(O[Si](C)(C)C)O[Si](C)(C)O[Si](C)(C)C. The van der Waals surface area contributed by atoms with Gasteiger partial charge in [-0.25, -0.2) is 0 Å². The zero-order valence-electron chi connectivity index (χ0n) is 16.1. The highest BCUT2D eigenvalue weighted by Crippen LogP contribution is 2.31. The molecule has 0 rings (SSSR count). The van der Waals surface area contributed by atoms with Gasteiger partial charge in [-0.2, -0.15) is 0 Å². The summed E-state index contributed by atoms with van der Waals surface area (Å²) in [6.07, 6.45) is 2.27. The van der Waals surface area contributed by atoms with Crippen LogP contribution in [-0.4, -0.2) is 33.8 Å². The third-order valence-electron chi connectivity index (χ3n) is 2.74. The molecule has 0 aliphatic heterocycles. The van der Waals surface area contributed by atoms with Crippen LogP contribution >= 0.6 is 0 Å². The summed E-state index contributed by atoms with van der Waals surface area (Å²) in [5.74, 6) is 0. The van der Waals surface area contributed by atoms with E-state index in [1.54, 1.807) is 0 Å². The highest BCUT2D eigenvalue weighted by atomic mass is 28.5. The molecule has 0 aliphatic rings. The standard InChI is InChI=1S/C14H38O3Si4/c1-11-13-21(14-12-2,16-19(6,7)8)17-20(9,10)15-18(3,4)5/h11-14H2,1-10H3. The van der Waals surface area contributed by atoms with Crippen LogP contribution in [0.25, 0.3) is 0 Å². The fourth-order valence-electron chi connectivity index (χ4n) is 2.88. The van der Waals surface area contributed by atoms with E-state index >= 15 is 0 Å². The second-order valence-electron chi connectivity index (χ2n) is 8.34. The molecular formula is C14H38O3Si4. The van der Waals surface area contributed by atoms with E-state index in [1.807, 2.05) is 0 Å². The molecule has 0 fully saturated rings. The first-order valence-corrected chi connectivity index (χ1v) is 20.2. The van der Waals surface area contributed by atoms with E-state index in [2.05, 4.69) is 66.2 Å². The van der Waals surface area contributed by atoms with Crippen molar-refractivity contribution in [2.24, 2.45) is 0 Å². The van der Waals surface area contributed by atoms with Crippen molar-refractivity contribution in [1.82, 2.24) is 0 Å². The molecule has 0 bridgehead atoms. The largest absolute Gasteiger partial charge is 0.437 e. The summed E-state index contributed by atoms with van der Waals surface area (Å²) in [5.41, 5.74) is 0. The van der Waals surface area contributed by atoms with Crippen molar-refractivity contribution in [1.29, 1.82) is 0 Å². The first-order chi connectivity index (χ1) is 9.24. The lowest BCUT2D eigenvalue weighted by molar-refractivity contribution is 0.315. The summed E-state index contributed by atoms with van der Waals surface area (Å²) < 4.78 is 19.9. The van der Waals surface area contributed by atoms with Gasteiger partial charge in [0.25, 0.3) is 0 Å². The summed E-state index contributed by atoms with van der Waals surface area (Å²) in [6.45, 7) is 22.4. The van der Waals surface area contributed by atoms with Crippen molar-refractivity contribution in [3.63, 3.8) is 0 Å². The molecule has 0 aromatic carbocycles. The molecule has 0 aromatic heterocycles. The molecule has 0 radical (unpaired) electrons. The first-order valence-electron chi connectivity index (χ1n) is 8.35. The lowest BCUT2D eigenvalue weighted by Crippen LogP contribution is -2.58. The Morgan fingerprint density at radius 1 is 0.571 bits per heavy atom. The van der Waals surface area contributed by atoms with Crippen LogP contribution in [0.3, 0.4) is 0 Å². The fourth-order valence-corrected chi connectivity index (χ4v) is 21.3. The van der Waals surface area contributed by atoms with E-state index in [0.717, 1.165) is 24.9 Å². The van der Waals surface area contributed by atoms with Crippen molar-refractivity contribution >= 4 is 33.8 Å². The number of rotatable bonds is 10. The highest BCUT2D eigenvalue weighted by Gasteiger charge is 2.46. The quantitative estimate of drug-likeness (QED) is 0.466. The summed E-state index contributed by atoms with van der Waals surface area (Å²) >= 11 is 0. The fraction of sp³-hybridized carbons (Fsp3) is 1.00. The molecule has 0 atom stereocenters. The zero-order chi connectivity index (χ0) is 16.9. The Balaban J connectivity index is 5.27. The maximum absolute atomic E-state index is 6.76. The lowest BCUT2D eigenvalue weighted by Gasteiger charge is -2.43. The molecule has 3 nitrogen and oxygen atoms in total. The number of hydrogen-bond donors (Lipinski definition) is 0. The van der Waals surface area contributed by atoms with Crippen LogP contribution < -0.4 is 0 Å². The summed E-state index contributed by atoms with van der Waals surface area (Å²) in [5, 5.41) is 0. The van der Waals surface area contributed by atoms with Crippen molar-refractivity contribution in [2.75, 3.05) is 0 Å². The van der Waals surface area contributed by atoms with E-state index in [4.69, 9.17) is 12.3 Å². The van der Waals surface area contributed by atoms with Crippen LogP contribution in [0.5, 0.6) is 0 Å². The third kappa shape index (κ3) is 10.2. The van der Waals surface area contributed by atoms with Crippen molar-refractivity contribution in [3.05, 3.63) is 0 Å². The lowest BCUT2D eigenvalue weighted by atomic mass is 10.6. The van der Waals surface area contributed by atoms with Gasteiger partial charge in [0.05, 0.1) is 0 Å². The predicted octanol–water partition coefficient (Wildman–Crippen LogP) is 5.67. The molecule has 0 saturated heterocycles. The van der Waals surface area contributed by atoms with E-state index in [-0.39, 0.29) is 0 Å². The van der Waals surface area contributed by atoms with Gasteiger partial charge in [-0.3, -0.25) is 0 Å². The monoisotopic (exact) mass is 366 g/mol. The topological polar surface area (TPSA) is 27.7 Å². The van der Waals surface area contributed by atoms with Gasteiger partial charge in [0, 0.05) is 0 Å². The van der Waals surface area contributed by atoms with Crippen LogP contribution in [0.1, 0.15) is 26.7 Å². The Bertz CT molecular complexity index is 302. The van der Waals surface area contributed by atoms with Gasteiger partial charge >= 0.3 is 17.1 Å². The second-order valence-corrected chi connectivity index (χ2v) is 24.9. The Morgan fingerprint density at radius 3 is 1.24 bits per heavy atom. The second kappa shape index (κ2) is 8.03. The van der Waals surface area contributed by atoms with E-state index in [0.29, 0.717) is 0 Å². The summed E-state index contributed by atoms with van der Waals surface area (Å²) in [4.78, 5) is 0. The number of hydrogen-bond acceptors (Lipinski definition) is 3. The van der Waals surface area contributed by atoms with Gasteiger partial charge in [0.2, 0.25) is 0 Å². The molecule has 0 amide bonds. The van der Waals surface area contributed by atoms with Gasteiger partial charge in [0.15, 0.2) is 16.6 Å². The molecule has 0 N–H and O–H groups in total. The molecule has 0 aromatic rings. The van der Waals surface area contributed by atoms with E-state index in [1.165, 1.54) is 0 Å². The van der Waals surface area contributed by atoms with Crippen molar-refractivity contribution in [3.8, 4) is 0 Å². The van der Waals surface area contributed by atoms with Crippen LogP contribution in [0.2, 0.25) is 64.5 Å². The summed E-state index contributed by atoms with van der Waals surface area (Å²) in [7, 11) is -7.47. The molecule has 21 heavy (non-hydrogen) atoms. The minimum Gasteiger partial charge on any atom is -0.437 e. The molecule has 0 heterocycles. The third-order valence-corrected chi connectivity index (χ3v) is 17.1. The molecular weight excluding hydrogens is 328 g/mol. The minimum absolute atomic E-state index is 1.09. The molecule has 0 saturated carbocycles.